The quantitative estimate of drug-likeness (QED) is 0.566. The van der Waals surface area contributed by atoms with E-state index in [9.17, 15) is 9.59 Å². The van der Waals surface area contributed by atoms with Crippen LogP contribution in [0.2, 0.25) is 0 Å². The summed E-state index contributed by atoms with van der Waals surface area (Å²) in [4.78, 5) is 26.9. The molecule has 0 saturated heterocycles. The first-order valence-electron chi connectivity index (χ1n) is 9.90. The molecule has 0 atom stereocenters. The Kier molecular flexibility index (Phi) is 7.63. The van der Waals surface area contributed by atoms with Crippen LogP contribution in [0.3, 0.4) is 0 Å². The van der Waals surface area contributed by atoms with E-state index in [1.54, 1.807) is 61.5 Å². The van der Waals surface area contributed by atoms with Gasteiger partial charge in [0.05, 0.1) is 5.69 Å². The number of carbonyl (C=O) groups excluding carboxylic acids is 2. The van der Waals surface area contributed by atoms with Crippen molar-refractivity contribution in [2.24, 2.45) is 0 Å². The molecule has 6 heteroatoms. The number of halogens is 1. The zero-order valence-corrected chi connectivity index (χ0v) is 19.2. The van der Waals surface area contributed by atoms with Gasteiger partial charge in [-0.15, -0.1) is 0 Å². The Morgan fingerprint density at radius 3 is 1.69 bits per heavy atom. The summed E-state index contributed by atoms with van der Waals surface area (Å²) in [6, 6.07) is 0. The highest BCUT2D eigenvalue weighted by Gasteiger charge is 2.36. The number of rotatable bonds is 4. The highest BCUT2D eigenvalue weighted by atomic mass is 19.1. The summed E-state index contributed by atoms with van der Waals surface area (Å²) in [5, 5.41) is 0. The molecule has 0 N–H and O–H groups in total. The molecule has 0 saturated carbocycles. The number of carbonyl (C=O) groups is 2. The average molecular weight is 408 g/mol. The van der Waals surface area contributed by atoms with Crippen molar-refractivity contribution in [3.63, 3.8) is 0 Å². The molecular weight excluding hydrogens is 373 g/mol. The minimum atomic E-state index is -0.921. The van der Waals surface area contributed by atoms with Gasteiger partial charge in [0.25, 0.3) is 0 Å². The maximum Gasteiger partial charge on any atom is 0.424 e. The van der Waals surface area contributed by atoms with Gasteiger partial charge in [-0.3, -0.25) is 0 Å². The summed E-state index contributed by atoms with van der Waals surface area (Å²) in [7, 11) is 0. The predicted molar refractivity (Wildman–Crippen MR) is 115 cm³/mol. The third-order valence-electron chi connectivity index (χ3n) is 4.20. The second kappa shape index (κ2) is 8.97. The van der Waals surface area contributed by atoms with Crippen molar-refractivity contribution < 1.29 is 23.5 Å². The Hall–Kier alpha value is -2.37. The largest absolute Gasteiger partial charge is 0.443 e. The Morgan fingerprint density at radius 1 is 0.966 bits per heavy atom. The van der Waals surface area contributed by atoms with Crippen LogP contribution in [0, 0.1) is 12.7 Å². The van der Waals surface area contributed by atoms with Gasteiger partial charge in [0.15, 0.2) is 0 Å². The summed E-state index contributed by atoms with van der Waals surface area (Å²) in [6.07, 6.45) is 0.485. The molecule has 0 aliphatic carbocycles. The molecule has 0 aliphatic rings. The van der Waals surface area contributed by atoms with E-state index in [1.165, 1.54) is 0 Å². The molecule has 29 heavy (non-hydrogen) atoms. The van der Waals surface area contributed by atoms with Gasteiger partial charge in [-0.1, -0.05) is 26.5 Å². The van der Waals surface area contributed by atoms with Crippen molar-refractivity contribution in [2.75, 3.05) is 4.90 Å². The lowest BCUT2D eigenvalue weighted by atomic mass is 9.91. The van der Waals surface area contributed by atoms with Crippen molar-refractivity contribution in [3.8, 4) is 0 Å². The average Bonchev–Trinajstić information content (AvgIpc) is 2.54. The molecule has 0 fully saturated rings. The van der Waals surface area contributed by atoms with E-state index in [2.05, 4.69) is 6.58 Å². The lowest BCUT2D eigenvalue weighted by molar-refractivity contribution is 0.0430. The first-order chi connectivity index (χ1) is 13.2. The minimum absolute atomic E-state index is 0.131. The summed E-state index contributed by atoms with van der Waals surface area (Å²) >= 11 is 0. The number of amides is 2. The summed E-state index contributed by atoms with van der Waals surface area (Å²) in [6.45, 7) is 19.4. The highest BCUT2D eigenvalue weighted by molar-refractivity contribution is 6.11. The smallest absolute Gasteiger partial charge is 0.424 e. The van der Waals surface area contributed by atoms with Gasteiger partial charge in [0.2, 0.25) is 0 Å². The Bertz CT molecular complexity index is 773. The van der Waals surface area contributed by atoms with Gasteiger partial charge in [0, 0.05) is 11.1 Å². The first kappa shape index (κ1) is 24.7. The SMILES string of the molecule is C=Cc1c(CC)c(C)c(F)c(CC)c1N(C(=O)OC(C)(C)C)C(=O)OC(C)(C)C. The van der Waals surface area contributed by atoms with Crippen LogP contribution < -0.4 is 4.90 Å². The molecule has 2 amide bonds. The van der Waals surface area contributed by atoms with Gasteiger partial charge in [-0.05, 0) is 72.4 Å². The topological polar surface area (TPSA) is 55.8 Å². The summed E-state index contributed by atoms with van der Waals surface area (Å²) < 4.78 is 26.1. The third kappa shape index (κ3) is 5.81. The normalized spacial score (nSPS) is 11.8. The van der Waals surface area contributed by atoms with Crippen molar-refractivity contribution in [2.45, 2.75) is 86.4 Å². The van der Waals surface area contributed by atoms with Crippen molar-refractivity contribution >= 4 is 23.9 Å². The summed E-state index contributed by atoms with van der Waals surface area (Å²) in [5.41, 5.74) is 0.361. The maximum atomic E-state index is 15.2. The molecule has 0 spiro atoms. The number of ether oxygens (including phenoxy) is 2. The van der Waals surface area contributed by atoms with E-state index in [4.69, 9.17) is 9.47 Å². The molecule has 0 aliphatic heterocycles. The van der Waals surface area contributed by atoms with Gasteiger partial charge in [0.1, 0.15) is 17.0 Å². The number of imide groups is 1. The fourth-order valence-electron chi connectivity index (χ4n) is 3.10. The molecule has 1 aromatic rings. The standard InChI is InChI=1S/C23H34FNO4/c1-11-15-14(4)18(24)17(13-3)19(16(15)12-2)25(20(26)28-22(5,6)7)21(27)29-23(8,9)10/h12H,2,11,13H2,1,3-10H3. The van der Waals surface area contributed by atoms with Crippen LogP contribution in [0.5, 0.6) is 0 Å². The summed E-state index contributed by atoms with van der Waals surface area (Å²) in [5.74, 6) is -0.443. The maximum absolute atomic E-state index is 15.2. The van der Waals surface area contributed by atoms with Gasteiger partial charge in [-0.2, -0.15) is 4.90 Å². The fourth-order valence-corrected chi connectivity index (χ4v) is 3.10. The zero-order valence-electron chi connectivity index (χ0n) is 19.2. The highest BCUT2D eigenvalue weighted by Crippen LogP contribution is 2.37. The van der Waals surface area contributed by atoms with Crippen LogP contribution in [-0.2, 0) is 22.3 Å². The Labute approximate surface area is 173 Å². The van der Waals surface area contributed by atoms with Gasteiger partial charge >= 0.3 is 12.2 Å². The number of nitrogens with zero attached hydrogens (tertiary/aromatic N) is 1. The monoisotopic (exact) mass is 407 g/mol. The molecule has 5 nitrogen and oxygen atoms in total. The minimum Gasteiger partial charge on any atom is -0.443 e. The van der Waals surface area contributed by atoms with Crippen molar-refractivity contribution in [1.82, 2.24) is 0 Å². The fraction of sp³-hybridized carbons (Fsp3) is 0.565. The molecular formula is C23H34FNO4. The van der Waals surface area contributed by atoms with Gasteiger partial charge < -0.3 is 9.47 Å². The molecule has 0 bridgehead atoms. The molecule has 1 rings (SSSR count). The van der Waals surface area contributed by atoms with Crippen LogP contribution in [-0.4, -0.2) is 23.4 Å². The van der Waals surface area contributed by atoms with E-state index < -0.39 is 29.2 Å². The first-order valence-corrected chi connectivity index (χ1v) is 9.90. The second-order valence-corrected chi connectivity index (χ2v) is 8.87. The number of anilines is 1. The van der Waals surface area contributed by atoms with Gasteiger partial charge in [-0.25, -0.2) is 14.0 Å². The van der Waals surface area contributed by atoms with E-state index in [-0.39, 0.29) is 17.7 Å². The Morgan fingerprint density at radius 2 is 1.38 bits per heavy atom. The molecule has 0 heterocycles. The molecule has 0 unspecified atom stereocenters. The van der Waals surface area contributed by atoms with Crippen molar-refractivity contribution in [3.05, 3.63) is 34.6 Å². The van der Waals surface area contributed by atoms with E-state index in [1.807, 2.05) is 6.92 Å². The molecule has 162 valence electrons. The van der Waals surface area contributed by atoms with Crippen LogP contribution in [0.4, 0.5) is 19.7 Å². The second-order valence-electron chi connectivity index (χ2n) is 8.87. The number of benzene rings is 1. The van der Waals surface area contributed by atoms with Crippen LogP contribution in [0.25, 0.3) is 6.08 Å². The number of hydrogen-bond donors (Lipinski definition) is 0. The van der Waals surface area contributed by atoms with Crippen LogP contribution in [0.15, 0.2) is 6.58 Å². The van der Waals surface area contributed by atoms with E-state index >= 15 is 4.39 Å². The van der Waals surface area contributed by atoms with Crippen LogP contribution in [0.1, 0.15) is 77.6 Å². The van der Waals surface area contributed by atoms with E-state index in [0.717, 1.165) is 4.90 Å². The molecule has 0 radical (unpaired) electrons. The lowest BCUT2D eigenvalue weighted by Gasteiger charge is -2.31. The molecule has 0 aromatic heterocycles. The lowest BCUT2D eigenvalue weighted by Crippen LogP contribution is -2.44. The number of hydrogen-bond acceptors (Lipinski definition) is 4. The molecule has 1 aromatic carbocycles. The van der Waals surface area contributed by atoms with E-state index in [0.29, 0.717) is 23.1 Å². The Balaban J connectivity index is 3.88. The third-order valence-corrected chi connectivity index (χ3v) is 4.20. The zero-order chi connectivity index (χ0) is 22.7. The predicted octanol–water partition coefficient (Wildman–Crippen LogP) is 6.58. The van der Waals surface area contributed by atoms with Crippen LogP contribution >= 0.6 is 0 Å². The van der Waals surface area contributed by atoms with Crippen molar-refractivity contribution in [1.29, 1.82) is 0 Å².